The molecule has 23 heavy (non-hydrogen) atoms. The first kappa shape index (κ1) is 18.1. The van der Waals surface area contributed by atoms with E-state index < -0.39 is 5.97 Å². The van der Waals surface area contributed by atoms with Crippen LogP contribution in [0, 0.1) is 5.92 Å². The Hall–Kier alpha value is -1.26. The van der Waals surface area contributed by atoms with E-state index in [1.54, 1.807) is 18.2 Å². The molecular formula is C17H21Cl2NO3. The van der Waals surface area contributed by atoms with E-state index in [0.717, 1.165) is 19.3 Å². The topological polar surface area (TPSA) is 55.4 Å². The highest BCUT2D eigenvalue weighted by Gasteiger charge is 2.23. The summed E-state index contributed by atoms with van der Waals surface area (Å²) >= 11 is 11.7. The fraction of sp³-hybridized carbons (Fsp3) is 0.529. The lowest BCUT2D eigenvalue weighted by Gasteiger charge is -2.29. The third kappa shape index (κ3) is 5.70. The number of ether oxygens (including phenoxy) is 1. The van der Waals surface area contributed by atoms with Gasteiger partial charge in [0.05, 0.1) is 16.5 Å². The Labute approximate surface area is 146 Å². The van der Waals surface area contributed by atoms with Gasteiger partial charge in [0.1, 0.15) is 0 Å². The number of esters is 1. The lowest BCUT2D eigenvalue weighted by molar-refractivity contribution is -0.148. The molecule has 1 saturated carbocycles. The molecule has 0 unspecified atom stereocenters. The Morgan fingerprint density at radius 2 is 1.96 bits per heavy atom. The predicted octanol–water partition coefficient (Wildman–Crippen LogP) is 3.77. The second-order valence-electron chi connectivity index (χ2n) is 6.02. The standard InChI is InChI=1S/C17H21Cl2NO3/c1-11-4-2-3-5-15(11)20-16(21)10-23-17(22)9-12-6-7-13(18)14(19)8-12/h6-8,11,15H,2-5,9-10H2,1H3,(H,20,21)/t11-,15+/m1/s1. The summed E-state index contributed by atoms with van der Waals surface area (Å²) in [6, 6.07) is 5.14. The van der Waals surface area contributed by atoms with Crippen LogP contribution in [0.3, 0.4) is 0 Å². The number of carbonyl (C=O) groups excluding carboxylic acids is 2. The van der Waals surface area contributed by atoms with Crippen molar-refractivity contribution in [3.63, 3.8) is 0 Å². The van der Waals surface area contributed by atoms with Crippen LogP contribution < -0.4 is 5.32 Å². The second kappa shape index (κ2) is 8.55. The maximum atomic E-state index is 11.9. The molecule has 0 heterocycles. The largest absolute Gasteiger partial charge is 0.455 e. The average Bonchev–Trinajstić information content (AvgIpc) is 2.51. The third-order valence-electron chi connectivity index (χ3n) is 4.15. The van der Waals surface area contributed by atoms with Crippen LogP contribution in [0.25, 0.3) is 0 Å². The van der Waals surface area contributed by atoms with Gasteiger partial charge in [-0.2, -0.15) is 0 Å². The Morgan fingerprint density at radius 1 is 1.22 bits per heavy atom. The SMILES string of the molecule is C[C@@H]1CCCC[C@@H]1NC(=O)COC(=O)Cc1ccc(Cl)c(Cl)c1. The zero-order chi connectivity index (χ0) is 16.8. The number of amides is 1. The lowest BCUT2D eigenvalue weighted by atomic mass is 9.86. The van der Waals surface area contributed by atoms with E-state index in [4.69, 9.17) is 27.9 Å². The van der Waals surface area contributed by atoms with Crippen molar-refractivity contribution in [2.24, 2.45) is 5.92 Å². The van der Waals surface area contributed by atoms with Crippen LogP contribution in [-0.2, 0) is 20.7 Å². The minimum atomic E-state index is -0.463. The van der Waals surface area contributed by atoms with Crippen LogP contribution in [0.15, 0.2) is 18.2 Å². The summed E-state index contributed by atoms with van der Waals surface area (Å²) in [6.07, 6.45) is 4.52. The molecule has 0 aliphatic heterocycles. The molecule has 126 valence electrons. The summed E-state index contributed by atoms with van der Waals surface area (Å²) < 4.78 is 5.03. The molecule has 2 atom stereocenters. The van der Waals surface area contributed by atoms with Crippen LogP contribution in [0.1, 0.15) is 38.2 Å². The molecule has 1 aliphatic carbocycles. The molecule has 0 spiro atoms. The molecule has 0 saturated heterocycles. The first-order valence-electron chi connectivity index (χ1n) is 7.84. The summed E-state index contributed by atoms with van der Waals surface area (Å²) in [4.78, 5) is 23.7. The smallest absolute Gasteiger partial charge is 0.310 e. The monoisotopic (exact) mass is 357 g/mol. The number of nitrogens with one attached hydrogen (secondary N) is 1. The zero-order valence-corrected chi connectivity index (χ0v) is 14.6. The zero-order valence-electron chi connectivity index (χ0n) is 13.1. The van der Waals surface area contributed by atoms with E-state index in [1.165, 1.54) is 6.42 Å². The molecule has 0 aromatic heterocycles. The molecule has 4 nitrogen and oxygen atoms in total. The Balaban J connectivity index is 1.75. The fourth-order valence-electron chi connectivity index (χ4n) is 2.79. The maximum Gasteiger partial charge on any atom is 0.310 e. The quantitative estimate of drug-likeness (QED) is 0.815. The minimum Gasteiger partial charge on any atom is -0.455 e. The van der Waals surface area contributed by atoms with Gasteiger partial charge in [0.2, 0.25) is 0 Å². The summed E-state index contributed by atoms with van der Waals surface area (Å²) in [7, 11) is 0. The van der Waals surface area contributed by atoms with Crippen LogP contribution in [0.4, 0.5) is 0 Å². The van der Waals surface area contributed by atoms with Gasteiger partial charge in [0.15, 0.2) is 6.61 Å². The van der Waals surface area contributed by atoms with Gasteiger partial charge in [0, 0.05) is 6.04 Å². The maximum absolute atomic E-state index is 11.9. The van der Waals surface area contributed by atoms with Gasteiger partial charge in [-0.3, -0.25) is 9.59 Å². The van der Waals surface area contributed by atoms with Crippen LogP contribution in [0.2, 0.25) is 10.0 Å². The summed E-state index contributed by atoms with van der Waals surface area (Å²) in [6.45, 7) is 1.89. The molecule has 1 aromatic carbocycles. The van der Waals surface area contributed by atoms with Gasteiger partial charge in [-0.05, 0) is 36.5 Å². The molecule has 2 rings (SSSR count). The minimum absolute atomic E-state index is 0.0595. The van der Waals surface area contributed by atoms with Gasteiger partial charge < -0.3 is 10.1 Å². The van der Waals surface area contributed by atoms with Gasteiger partial charge in [-0.1, -0.05) is 49.0 Å². The van der Waals surface area contributed by atoms with Gasteiger partial charge in [-0.15, -0.1) is 0 Å². The van der Waals surface area contributed by atoms with Gasteiger partial charge >= 0.3 is 5.97 Å². The van der Waals surface area contributed by atoms with Crippen molar-refractivity contribution in [2.45, 2.75) is 45.1 Å². The van der Waals surface area contributed by atoms with Crippen molar-refractivity contribution in [1.82, 2.24) is 5.32 Å². The average molecular weight is 358 g/mol. The summed E-state index contributed by atoms with van der Waals surface area (Å²) in [5.74, 6) is -0.235. The van der Waals surface area contributed by atoms with Crippen LogP contribution >= 0.6 is 23.2 Å². The second-order valence-corrected chi connectivity index (χ2v) is 6.84. The number of benzene rings is 1. The van der Waals surface area contributed by atoms with Crippen molar-refractivity contribution in [3.05, 3.63) is 33.8 Å². The molecule has 1 N–H and O–H groups in total. The Morgan fingerprint density at radius 3 is 2.65 bits per heavy atom. The number of halogens is 2. The number of hydrogen-bond acceptors (Lipinski definition) is 3. The van der Waals surface area contributed by atoms with E-state index in [0.29, 0.717) is 21.5 Å². The lowest BCUT2D eigenvalue weighted by Crippen LogP contribution is -2.42. The van der Waals surface area contributed by atoms with Crippen molar-refractivity contribution >= 4 is 35.1 Å². The highest BCUT2D eigenvalue weighted by molar-refractivity contribution is 6.42. The number of hydrogen-bond donors (Lipinski definition) is 1. The van der Waals surface area contributed by atoms with E-state index in [1.807, 2.05) is 0 Å². The highest BCUT2D eigenvalue weighted by atomic mass is 35.5. The third-order valence-corrected chi connectivity index (χ3v) is 4.89. The van der Waals surface area contributed by atoms with E-state index in [9.17, 15) is 9.59 Å². The molecule has 1 aliphatic rings. The number of carbonyl (C=O) groups is 2. The molecule has 0 bridgehead atoms. The highest BCUT2D eigenvalue weighted by Crippen LogP contribution is 2.24. The first-order chi connectivity index (χ1) is 11.0. The fourth-order valence-corrected chi connectivity index (χ4v) is 3.11. The molecular weight excluding hydrogens is 337 g/mol. The van der Waals surface area contributed by atoms with E-state index in [2.05, 4.69) is 12.2 Å². The molecule has 0 radical (unpaired) electrons. The molecule has 1 amide bonds. The van der Waals surface area contributed by atoms with Gasteiger partial charge in [-0.25, -0.2) is 0 Å². The normalized spacial score (nSPS) is 20.8. The van der Waals surface area contributed by atoms with Crippen LogP contribution in [-0.4, -0.2) is 24.5 Å². The molecule has 6 heteroatoms. The van der Waals surface area contributed by atoms with Crippen molar-refractivity contribution in [1.29, 1.82) is 0 Å². The van der Waals surface area contributed by atoms with Gasteiger partial charge in [0.25, 0.3) is 5.91 Å². The van der Waals surface area contributed by atoms with E-state index >= 15 is 0 Å². The molecule has 1 aromatic rings. The molecule has 1 fully saturated rings. The van der Waals surface area contributed by atoms with E-state index in [-0.39, 0.29) is 25.0 Å². The first-order valence-corrected chi connectivity index (χ1v) is 8.60. The Bertz CT molecular complexity index is 577. The van der Waals surface area contributed by atoms with Crippen molar-refractivity contribution in [2.75, 3.05) is 6.61 Å². The number of rotatable bonds is 5. The predicted molar refractivity (Wildman–Crippen MR) is 90.7 cm³/mol. The van der Waals surface area contributed by atoms with Crippen LogP contribution in [0.5, 0.6) is 0 Å². The van der Waals surface area contributed by atoms with Crippen molar-refractivity contribution < 1.29 is 14.3 Å². The summed E-state index contributed by atoms with van der Waals surface area (Å²) in [5, 5.41) is 3.77. The van der Waals surface area contributed by atoms with Crippen molar-refractivity contribution in [3.8, 4) is 0 Å². The summed E-state index contributed by atoms with van der Waals surface area (Å²) in [5.41, 5.74) is 0.700. The Kier molecular flexibility index (Phi) is 6.72.